The second-order valence-electron chi connectivity index (χ2n) is 2.98. The van der Waals surface area contributed by atoms with Crippen LogP contribution in [0.3, 0.4) is 0 Å². The Bertz CT molecular complexity index is 439. The second kappa shape index (κ2) is 3.79. The van der Waals surface area contributed by atoms with Gasteiger partial charge in [0, 0.05) is 0 Å². The van der Waals surface area contributed by atoms with Crippen molar-refractivity contribution in [3.8, 4) is 11.5 Å². The topological polar surface area (TPSA) is 47.6 Å². The number of nitrogens with one attached hydrogen (secondary N) is 1. The predicted octanol–water partition coefficient (Wildman–Crippen LogP) is 2.19. The fraction of sp³-hybridized carbons (Fsp3) is 0.222. The number of fused-ring (bicyclic) bond motifs is 1. The SMILES string of the molecule is O=C(CCl)Nc1cccc2c1OC(F)(F)O2. The first-order valence-electron chi connectivity index (χ1n) is 4.26. The summed E-state index contributed by atoms with van der Waals surface area (Å²) in [5.74, 6) is -1.13. The van der Waals surface area contributed by atoms with Gasteiger partial charge in [0.1, 0.15) is 5.88 Å². The van der Waals surface area contributed by atoms with Gasteiger partial charge in [-0.1, -0.05) is 6.07 Å². The van der Waals surface area contributed by atoms with Crippen LogP contribution in [0.4, 0.5) is 14.5 Å². The average molecular weight is 250 g/mol. The lowest BCUT2D eigenvalue weighted by Crippen LogP contribution is -2.26. The number of hydrogen-bond acceptors (Lipinski definition) is 3. The van der Waals surface area contributed by atoms with Crippen molar-refractivity contribution >= 4 is 23.2 Å². The molecule has 0 spiro atoms. The van der Waals surface area contributed by atoms with Crippen molar-refractivity contribution in [1.29, 1.82) is 0 Å². The molecule has 1 heterocycles. The van der Waals surface area contributed by atoms with Crippen LogP contribution in [0.1, 0.15) is 0 Å². The lowest BCUT2D eigenvalue weighted by Gasteiger charge is -2.07. The van der Waals surface area contributed by atoms with Crippen LogP contribution in [0.5, 0.6) is 11.5 Å². The fourth-order valence-electron chi connectivity index (χ4n) is 1.25. The second-order valence-corrected chi connectivity index (χ2v) is 3.25. The summed E-state index contributed by atoms with van der Waals surface area (Å²) in [6.07, 6.45) is -3.70. The van der Waals surface area contributed by atoms with Crippen molar-refractivity contribution < 1.29 is 23.0 Å². The van der Waals surface area contributed by atoms with Crippen molar-refractivity contribution in [2.24, 2.45) is 0 Å². The van der Waals surface area contributed by atoms with E-state index in [-0.39, 0.29) is 23.1 Å². The number of halogens is 3. The number of carbonyl (C=O) groups excluding carboxylic acids is 1. The van der Waals surface area contributed by atoms with Crippen molar-refractivity contribution in [3.63, 3.8) is 0 Å². The Labute approximate surface area is 94.1 Å². The van der Waals surface area contributed by atoms with Gasteiger partial charge in [-0.3, -0.25) is 4.79 Å². The van der Waals surface area contributed by atoms with Crippen LogP contribution in [-0.2, 0) is 4.79 Å². The molecular weight excluding hydrogens is 244 g/mol. The molecule has 1 aromatic rings. The van der Waals surface area contributed by atoms with E-state index in [0.717, 1.165) is 0 Å². The highest BCUT2D eigenvalue weighted by atomic mass is 35.5. The predicted molar refractivity (Wildman–Crippen MR) is 52.0 cm³/mol. The zero-order valence-corrected chi connectivity index (χ0v) is 8.55. The lowest BCUT2D eigenvalue weighted by molar-refractivity contribution is -0.286. The van der Waals surface area contributed by atoms with Gasteiger partial charge in [-0.2, -0.15) is 0 Å². The summed E-state index contributed by atoms with van der Waals surface area (Å²) < 4.78 is 34.0. The molecule has 0 saturated carbocycles. The molecule has 0 aromatic heterocycles. The number of para-hydroxylation sites is 1. The molecule has 0 bridgehead atoms. The average Bonchev–Trinajstić information content (AvgIpc) is 2.53. The summed E-state index contributed by atoms with van der Waals surface area (Å²) in [6, 6.07) is 4.17. The van der Waals surface area contributed by atoms with E-state index in [1.807, 2.05) is 0 Å². The van der Waals surface area contributed by atoms with Crippen LogP contribution >= 0.6 is 11.6 Å². The molecule has 7 heteroatoms. The van der Waals surface area contributed by atoms with E-state index < -0.39 is 12.2 Å². The molecule has 1 aliphatic rings. The van der Waals surface area contributed by atoms with E-state index in [2.05, 4.69) is 14.8 Å². The van der Waals surface area contributed by atoms with Gasteiger partial charge in [0.2, 0.25) is 5.91 Å². The summed E-state index contributed by atoms with van der Waals surface area (Å²) in [4.78, 5) is 11.0. The maximum Gasteiger partial charge on any atom is 0.586 e. The van der Waals surface area contributed by atoms with E-state index in [9.17, 15) is 13.6 Å². The molecule has 1 aromatic carbocycles. The molecule has 2 rings (SSSR count). The Kier molecular flexibility index (Phi) is 2.59. The van der Waals surface area contributed by atoms with Gasteiger partial charge in [-0.15, -0.1) is 20.4 Å². The number of anilines is 1. The molecular formula is C9H6ClF2NO3. The van der Waals surface area contributed by atoms with Crippen molar-refractivity contribution in [2.75, 3.05) is 11.2 Å². The van der Waals surface area contributed by atoms with Crippen molar-refractivity contribution in [3.05, 3.63) is 18.2 Å². The standard InChI is InChI=1S/C9H6ClF2NO3/c10-4-7(14)13-5-2-1-3-6-8(5)16-9(11,12)15-6/h1-3H,4H2,(H,13,14). The number of alkyl halides is 3. The molecule has 0 atom stereocenters. The Morgan fingerprint density at radius 2 is 2.19 bits per heavy atom. The van der Waals surface area contributed by atoms with E-state index in [1.54, 1.807) is 0 Å². The molecule has 1 aliphatic heterocycles. The van der Waals surface area contributed by atoms with Crippen LogP contribution < -0.4 is 14.8 Å². The van der Waals surface area contributed by atoms with Crippen LogP contribution in [0.25, 0.3) is 0 Å². The molecule has 1 N–H and O–H groups in total. The molecule has 0 radical (unpaired) electrons. The monoisotopic (exact) mass is 249 g/mol. The quantitative estimate of drug-likeness (QED) is 0.818. The number of benzene rings is 1. The smallest absolute Gasteiger partial charge is 0.395 e. The minimum atomic E-state index is -3.70. The highest BCUT2D eigenvalue weighted by Gasteiger charge is 2.44. The van der Waals surface area contributed by atoms with Gasteiger partial charge in [-0.05, 0) is 12.1 Å². The first kappa shape index (κ1) is 10.9. The Balaban J connectivity index is 2.30. The molecule has 86 valence electrons. The van der Waals surface area contributed by atoms with E-state index in [1.165, 1.54) is 18.2 Å². The summed E-state index contributed by atoms with van der Waals surface area (Å²) in [6.45, 7) is 0. The molecule has 16 heavy (non-hydrogen) atoms. The third-order valence-electron chi connectivity index (χ3n) is 1.82. The first-order valence-corrected chi connectivity index (χ1v) is 4.80. The van der Waals surface area contributed by atoms with Crippen molar-refractivity contribution in [1.82, 2.24) is 0 Å². The third-order valence-corrected chi connectivity index (χ3v) is 2.07. The zero-order valence-electron chi connectivity index (χ0n) is 7.80. The molecule has 1 amide bonds. The summed E-state index contributed by atoms with van der Waals surface area (Å²) in [5, 5.41) is 2.32. The van der Waals surface area contributed by atoms with Gasteiger partial charge < -0.3 is 14.8 Å². The van der Waals surface area contributed by atoms with Crippen molar-refractivity contribution in [2.45, 2.75) is 6.29 Å². The third kappa shape index (κ3) is 2.01. The highest BCUT2D eigenvalue weighted by molar-refractivity contribution is 6.29. The maximum atomic E-state index is 12.8. The zero-order chi connectivity index (χ0) is 11.8. The number of amides is 1. The van der Waals surface area contributed by atoms with Gasteiger partial charge >= 0.3 is 6.29 Å². The highest BCUT2D eigenvalue weighted by Crippen LogP contribution is 2.45. The van der Waals surface area contributed by atoms with Gasteiger partial charge in [0.15, 0.2) is 11.5 Å². The van der Waals surface area contributed by atoms with Crippen LogP contribution in [0.15, 0.2) is 18.2 Å². The minimum Gasteiger partial charge on any atom is -0.395 e. The first-order chi connectivity index (χ1) is 7.52. The maximum absolute atomic E-state index is 12.8. The molecule has 0 aliphatic carbocycles. The summed E-state index contributed by atoms with van der Waals surface area (Å²) in [7, 11) is 0. The summed E-state index contributed by atoms with van der Waals surface area (Å²) >= 11 is 5.28. The Morgan fingerprint density at radius 1 is 1.44 bits per heavy atom. The normalized spacial score (nSPS) is 15.9. The largest absolute Gasteiger partial charge is 0.586 e. The molecule has 4 nitrogen and oxygen atoms in total. The Morgan fingerprint density at radius 3 is 2.88 bits per heavy atom. The number of rotatable bonds is 2. The van der Waals surface area contributed by atoms with E-state index in [0.29, 0.717) is 0 Å². The lowest BCUT2D eigenvalue weighted by atomic mass is 10.2. The summed E-state index contributed by atoms with van der Waals surface area (Å²) in [5.41, 5.74) is 0.0975. The molecule has 0 saturated heterocycles. The fourth-order valence-corrected chi connectivity index (χ4v) is 1.32. The van der Waals surface area contributed by atoms with Gasteiger partial charge in [0.05, 0.1) is 5.69 Å². The van der Waals surface area contributed by atoms with Gasteiger partial charge in [0.25, 0.3) is 0 Å². The molecule has 0 unspecified atom stereocenters. The van der Waals surface area contributed by atoms with E-state index >= 15 is 0 Å². The van der Waals surface area contributed by atoms with Crippen LogP contribution in [-0.4, -0.2) is 18.1 Å². The van der Waals surface area contributed by atoms with Crippen LogP contribution in [0, 0.1) is 0 Å². The van der Waals surface area contributed by atoms with E-state index in [4.69, 9.17) is 11.6 Å². The minimum absolute atomic E-state index is 0.0975. The van der Waals surface area contributed by atoms with Gasteiger partial charge in [-0.25, -0.2) is 0 Å². The number of ether oxygens (including phenoxy) is 2. The number of carbonyl (C=O) groups is 1. The van der Waals surface area contributed by atoms with Crippen LogP contribution in [0.2, 0.25) is 0 Å². The Hall–Kier alpha value is -1.56. The molecule has 0 fully saturated rings. The number of hydrogen-bond donors (Lipinski definition) is 1.